The molecule has 2 heterocycles. The first-order chi connectivity index (χ1) is 14.7. The monoisotopic (exact) mass is 426 g/mol. The van der Waals surface area contributed by atoms with Gasteiger partial charge in [0.1, 0.15) is 13.2 Å². The highest BCUT2D eigenvalue weighted by Crippen LogP contribution is 2.36. The summed E-state index contributed by atoms with van der Waals surface area (Å²) in [5.74, 6) is 1.36. The molecule has 0 aromatic heterocycles. The van der Waals surface area contributed by atoms with Gasteiger partial charge in [0, 0.05) is 16.3 Å². The van der Waals surface area contributed by atoms with Crippen molar-refractivity contribution in [3.8, 4) is 11.5 Å². The van der Waals surface area contributed by atoms with E-state index >= 15 is 0 Å². The first-order valence-electron chi connectivity index (χ1n) is 9.70. The Labute approximate surface area is 178 Å². The summed E-state index contributed by atoms with van der Waals surface area (Å²) in [5, 5.41) is 5.63. The lowest BCUT2D eigenvalue weighted by atomic mass is 9.95. The number of amides is 2. The SMILES string of the molecule is CCOC(=O)C1=C(CSc2ccc3c(c2)OCCO3)NC(=O)N[C@H]1c1ccccc1. The van der Waals surface area contributed by atoms with Gasteiger partial charge in [-0.2, -0.15) is 0 Å². The van der Waals surface area contributed by atoms with E-state index in [0.717, 1.165) is 16.2 Å². The van der Waals surface area contributed by atoms with E-state index in [0.29, 0.717) is 36.0 Å². The molecule has 0 unspecified atom stereocenters. The van der Waals surface area contributed by atoms with Crippen molar-refractivity contribution in [3.05, 3.63) is 65.4 Å². The van der Waals surface area contributed by atoms with Gasteiger partial charge >= 0.3 is 12.0 Å². The van der Waals surface area contributed by atoms with Gasteiger partial charge in [-0.25, -0.2) is 9.59 Å². The van der Waals surface area contributed by atoms with E-state index in [9.17, 15) is 9.59 Å². The van der Waals surface area contributed by atoms with Gasteiger partial charge < -0.3 is 24.8 Å². The average Bonchev–Trinajstić information content (AvgIpc) is 2.78. The maximum absolute atomic E-state index is 12.8. The molecule has 0 radical (unpaired) electrons. The largest absolute Gasteiger partial charge is 0.486 e. The third kappa shape index (κ3) is 4.38. The van der Waals surface area contributed by atoms with Crippen LogP contribution >= 0.6 is 11.8 Å². The van der Waals surface area contributed by atoms with Crippen LogP contribution in [0, 0.1) is 0 Å². The summed E-state index contributed by atoms with van der Waals surface area (Å²) < 4.78 is 16.5. The van der Waals surface area contributed by atoms with Crippen molar-refractivity contribution in [2.75, 3.05) is 25.6 Å². The van der Waals surface area contributed by atoms with Gasteiger partial charge in [-0.05, 0) is 30.7 Å². The van der Waals surface area contributed by atoms with Gasteiger partial charge in [0.25, 0.3) is 0 Å². The second kappa shape index (κ2) is 9.13. The summed E-state index contributed by atoms with van der Waals surface area (Å²) in [4.78, 5) is 26.1. The molecule has 0 aliphatic carbocycles. The summed E-state index contributed by atoms with van der Waals surface area (Å²) in [6.45, 7) is 3.06. The average molecular weight is 426 g/mol. The summed E-state index contributed by atoms with van der Waals surface area (Å²) in [5.41, 5.74) is 1.76. The fraction of sp³-hybridized carbons (Fsp3) is 0.273. The number of carbonyl (C=O) groups is 2. The molecule has 0 fully saturated rings. The Morgan fingerprint density at radius 1 is 1.13 bits per heavy atom. The molecule has 4 rings (SSSR count). The third-order valence-corrected chi connectivity index (χ3v) is 5.70. The number of urea groups is 1. The second-order valence-electron chi connectivity index (χ2n) is 6.65. The van der Waals surface area contributed by atoms with E-state index in [1.165, 1.54) is 11.8 Å². The first-order valence-corrected chi connectivity index (χ1v) is 10.7. The van der Waals surface area contributed by atoms with Gasteiger partial charge in [0.2, 0.25) is 0 Å². The van der Waals surface area contributed by atoms with Gasteiger partial charge in [-0.1, -0.05) is 30.3 Å². The third-order valence-electron chi connectivity index (χ3n) is 4.68. The quantitative estimate of drug-likeness (QED) is 0.544. The molecule has 0 saturated carbocycles. The van der Waals surface area contributed by atoms with Crippen LogP contribution < -0.4 is 20.1 Å². The Kier molecular flexibility index (Phi) is 6.13. The highest BCUT2D eigenvalue weighted by Gasteiger charge is 2.33. The van der Waals surface area contributed by atoms with Crippen molar-refractivity contribution in [3.63, 3.8) is 0 Å². The molecule has 0 saturated heterocycles. The molecular formula is C22H22N2O5S. The Balaban J connectivity index is 1.63. The molecule has 2 amide bonds. The van der Waals surface area contributed by atoms with Crippen LogP contribution in [0.25, 0.3) is 0 Å². The van der Waals surface area contributed by atoms with Crippen LogP contribution in [0.3, 0.4) is 0 Å². The second-order valence-corrected chi connectivity index (χ2v) is 7.70. The molecule has 156 valence electrons. The summed E-state index contributed by atoms with van der Waals surface area (Å²) >= 11 is 1.49. The number of thioether (sulfide) groups is 1. The molecule has 30 heavy (non-hydrogen) atoms. The first kappa shape index (κ1) is 20.2. The molecule has 2 aromatic rings. The maximum Gasteiger partial charge on any atom is 0.338 e. The van der Waals surface area contributed by atoms with Crippen LogP contribution in [0.4, 0.5) is 4.79 Å². The number of esters is 1. The van der Waals surface area contributed by atoms with Gasteiger partial charge in [0.05, 0.1) is 18.2 Å². The summed E-state index contributed by atoms with van der Waals surface area (Å²) in [6, 6.07) is 14.2. The molecule has 2 N–H and O–H groups in total. The van der Waals surface area contributed by atoms with E-state index in [2.05, 4.69) is 10.6 Å². The molecule has 2 aliphatic rings. The fourth-order valence-electron chi connectivity index (χ4n) is 3.35. The number of fused-ring (bicyclic) bond motifs is 1. The van der Waals surface area contributed by atoms with Crippen molar-refractivity contribution >= 4 is 23.8 Å². The van der Waals surface area contributed by atoms with Crippen LogP contribution in [0.15, 0.2) is 64.7 Å². The number of nitrogens with one attached hydrogen (secondary N) is 2. The number of hydrogen-bond donors (Lipinski definition) is 2. The Morgan fingerprint density at radius 2 is 1.90 bits per heavy atom. The molecule has 1 atom stereocenters. The van der Waals surface area contributed by atoms with Gasteiger partial charge in [0.15, 0.2) is 11.5 Å². The Morgan fingerprint density at radius 3 is 2.67 bits per heavy atom. The van der Waals surface area contributed by atoms with Crippen LogP contribution in [0.1, 0.15) is 18.5 Å². The standard InChI is InChI=1S/C22H22N2O5S/c1-2-27-21(25)19-16(23-22(26)24-20(19)14-6-4-3-5-7-14)13-30-15-8-9-17-18(12-15)29-11-10-28-17/h3-9,12,20H,2,10-11,13H2,1H3,(H2,23,24,26)/t20-/m0/s1. The van der Waals surface area contributed by atoms with E-state index < -0.39 is 12.0 Å². The molecule has 7 nitrogen and oxygen atoms in total. The number of benzene rings is 2. The molecule has 2 aromatic carbocycles. The van der Waals surface area contributed by atoms with Crippen molar-refractivity contribution < 1.29 is 23.8 Å². The zero-order valence-corrected chi connectivity index (χ0v) is 17.3. The number of ether oxygens (including phenoxy) is 3. The zero-order chi connectivity index (χ0) is 20.9. The highest BCUT2D eigenvalue weighted by atomic mass is 32.2. The fourth-order valence-corrected chi connectivity index (χ4v) is 4.24. The van der Waals surface area contributed by atoms with Crippen molar-refractivity contribution in [1.29, 1.82) is 0 Å². The van der Waals surface area contributed by atoms with Crippen LogP contribution in [0.5, 0.6) is 11.5 Å². The zero-order valence-electron chi connectivity index (χ0n) is 16.5. The van der Waals surface area contributed by atoms with Crippen LogP contribution in [-0.4, -0.2) is 37.6 Å². The van der Waals surface area contributed by atoms with Crippen molar-refractivity contribution in [1.82, 2.24) is 10.6 Å². The Hall–Kier alpha value is -3.13. The molecule has 0 bridgehead atoms. The number of carbonyl (C=O) groups excluding carboxylic acids is 2. The Bertz CT molecular complexity index is 977. The predicted octanol–water partition coefficient (Wildman–Crippen LogP) is 3.42. The van der Waals surface area contributed by atoms with E-state index in [1.54, 1.807) is 6.92 Å². The summed E-state index contributed by atoms with van der Waals surface area (Å²) in [7, 11) is 0. The smallest absolute Gasteiger partial charge is 0.338 e. The van der Waals surface area contributed by atoms with Gasteiger partial charge in [-0.3, -0.25) is 0 Å². The molecule has 8 heteroatoms. The minimum atomic E-state index is -0.574. The van der Waals surface area contributed by atoms with Gasteiger partial charge in [-0.15, -0.1) is 11.8 Å². The minimum Gasteiger partial charge on any atom is -0.486 e. The minimum absolute atomic E-state index is 0.250. The summed E-state index contributed by atoms with van der Waals surface area (Å²) in [6.07, 6.45) is 0. The predicted molar refractivity (Wildman–Crippen MR) is 113 cm³/mol. The van der Waals surface area contributed by atoms with Crippen LogP contribution in [0.2, 0.25) is 0 Å². The van der Waals surface area contributed by atoms with Crippen LogP contribution in [-0.2, 0) is 9.53 Å². The molecule has 2 aliphatic heterocycles. The lowest BCUT2D eigenvalue weighted by Gasteiger charge is -2.29. The van der Waals surface area contributed by atoms with E-state index in [-0.39, 0.29) is 12.6 Å². The number of hydrogen-bond acceptors (Lipinski definition) is 6. The van der Waals surface area contributed by atoms with Crippen molar-refractivity contribution in [2.24, 2.45) is 0 Å². The van der Waals surface area contributed by atoms with E-state index in [1.807, 2.05) is 48.5 Å². The van der Waals surface area contributed by atoms with E-state index in [4.69, 9.17) is 14.2 Å². The number of rotatable bonds is 6. The normalized spacial score (nSPS) is 17.8. The van der Waals surface area contributed by atoms with Crippen molar-refractivity contribution in [2.45, 2.75) is 17.9 Å². The topological polar surface area (TPSA) is 85.9 Å². The molecule has 0 spiro atoms. The highest BCUT2D eigenvalue weighted by molar-refractivity contribution is 7.99. The maximum atomic E-state index is 12.8. The molecular weight excluding hydrogens is 404 g/mol. The lowest BCUT2D eigenvalue weighted by Crippen LogP contribution is -2.46. The lowest BCUT2D eigenvalue weighted by molar-refractivity contribution is -0.139.